The molecule has 0 amide bonds. The topological polar surface area (TPSA) is 71.5 Å². The molecule has 1 N–H and O–H groups in total. The van der Waals surface area contributed by atoms with Gasteiger partial charge in [-0.2, -0.15) is 0 Å². The quantitative estimate of drug-likeness (QED) is 0.494. The monoisotopic (exact) mass is 358 g/mol. The largest absolute Gasteiger partial charge is 0.506 e. The van der Waals surface area contributed by atoms with E-state index >= 15 is 0 Å². The molecule has 134 valence electrons. The van der Waals surface area contributed by atoms with E-state index in [0.717, 1.165) is 22.5 Å². The number of phenolic OH excluding ortho intramolecular Hbond substituents is 1. The number of aromatic hydroxyl groups is 1. The van der Waals surface area contributed by atoms with Crippen LogP contribution in [0.15, 0.2) is 77.1 Å². The third-order valence-corrected chi connectivity index (χ3v) is 4.25. The summed E-state index contributed by atoms with van der Waals surface area (Å²) in [6, 6.07) is 18.6. The van der Waals surface area contributed by atoms with Crippen LogP contribution in [0, 0.1) is 6.92 Å². The molecule has 2 aromatic heterocycles. The maximum absolute atomic E-state index is 10.0. The van der Waals surface area contributed by atoms with Gasteiger partial charge in [0.2, 0.25) is 0 Å². The van der Waals surface area contributed by atoms with Crippen molar-refractivity contribution in [1.29, 1.82) is 0 Å². The van der Waals surface area contributed by atoms with Crippen LogP contribution in [0.4, 0.5) is 11.5 Å². The van der Waals surface area contributed by atoms with Crippen LogP contribution in [0.2, 0.25) is 0 Å². The first kappa shape index (κ1) is 16.8. The van der Waals surface area contributed by atoms with Crippen molar-refractivity contribution >= 4 is 17.2 Å². The first-order chi connectivity index (χ1) is 13.2. The summed E-state index contributed by atoms with van der Waals surface area (Å²) in [5.41, 5.74) is 3.80. The smallest absolute Gasteiger partial charge is 0.187 e. The van der Waals surface area contributed by atoms with Gasteiger partial charge in [0.15, 0.2) is 5.82 Å². The zero-order valence-electron chi connectivity index (χ0n) is 15.0. The average Bonchev–Trinajstić information content (AvgIpc) is 3.07. The van der Waals surface area contributed by atoms with Gasteiger partial charge >= 0.3 is 0 Å². The van der Waals surface area contributed by atoms with Gasteiger partial charge in [-0.15, -0.1) is 10.2 Å². The summed E-state index contributed by atoms with van der Waals surface area (Å²) in [6.45, 7) is 1.94. The van der Waals surface area contributed by atoms with Crippen molar-refractivity contribution in [3.63, 3.8) is 0 Å². The van der Waals surface area contributed by atoms with E-state index in [9.17, 15) is 5.11 Å². The molecule has 2 aromatic carbocycles. The summed E-state index contributed by atoms with van der Waals surface area (Å²) in [7, 11) is 1.63. The molecule has 0 aliphatic heterocycles. The van der Waals surface area contributed by atoms with Crippen LogP contribution in [0.3, 0.4) is 0 Å². The number of aryl methyl sites for hydroxylation is 1. The van der Waals surface area contributed by atoms with Crippen molar-refractivity contribution in [3.8, 4) is 22.8 Å². The number of benzene rings is 2. The number of ether oxygens (including phenoxy) is 1. The highest BCUT2D eigenvalue weighted by Crippen LogP contribution is 2.34. The van der Waals surface area contributed by atoms with Gasteiger partial charge in [0.1, 0.15) is 28.5 Å². The molecule has 0 bridgehead atoms. The number of pyridine rings is 1. The lowest BCUT2D eigenvalue weighted by molar-refractivity contribution is 0.415. The summed E-state index contributed by atoms with van der Waals surface area (Å²) < 4.78 is 7.10. The summed E-state index contributed by atoms with van der Waals surface area (Å²) in [6.07, 6.45) is 1.89. The van der Waals surface area contributed by atoms with Gasteiger partial charge in [0, 0.05) is 11.8 Å². The van der Waals surface area contributed by atoms with E-state index in [2.05, 4.69) is 10.2 Å². The Morgan fingerprint density at radius 1 is 1.00 bits per heavy atom. The first-order valence-electron chi connectivity index (χ1n) is 8.48. The molecule has 0 aliphatic rings. The molecular weight excluding hydrogens is 340 g/mol. The van der Waals surface area contributed by atoms with E-state index in [4.69, 9.17) is 9.72 Å². The molecule has 0 saturated heterocycles. The zero-order chi connectivity index (χ0) is 18.8. The molecule has 0 spiro atoms. The second kappa shape index (κ2) is 6.92. The number of nitrogens with zero attached hydrogens (tertiary/aromatic N) is 4. The minimum absolute atomic E-state index is 0.0872. The Morgan fingerprint density at radius 2 is 1.81 bits per heavy atom. The van der Waals surface area contributed by atoms with E-state index in [1.807, 2.05) is 66.1 Å². The van der Waals surface area contributed by atoms with Crippen molar-refractivity contribution in [3.05, 3.63) is 72.4 Å². The fourth-order valence-corrected chi connectivity index (χ4v) is 2.84. The van der Waals surface area contributed by atoms with Crippen LogP contribution in [-0.4, -0.2) is 21.6 Å². The predicted octanol–water partition coefficient (Wildman–Crippen LogP) is 5.44. The Morgan fingerprint density at radius 3 is 2.59 bits per heavy atom. The van der Waals surface area contributed by atoms with Gasteiger partial charge < -0.3 is 9.84 Å². The Balaban J connectivity index is 1.85. The highest BCUT2D eigenvalue weighted by atomic mass is 16.5. The van der Waals surface area contributed by atoms with Gasteiger partial charge in [0.05, 0.1) is 7.11 Å². The molecule has 4 aromatic rings. The van der Waals surface area contributed by atoms with Crippen LogP contribution in [0.1, 0.15) is 5.56 Å². The Hall–Kier alpha value is -3.67. The number of hydrogen-bond donors (Lipinski definition) is 1. The SMILES string of the molecule is COc1ccc(-c2nc3ccccn3c2N=Nc2cc(C)ccc2O)cc1. The molecule has 0 unspecified atom stereocenters. The van der Waals surface area contributed by atoms with Gasteiger partial charge in [-0.25, -0.2) is 4.98 Å². The van der Waals surface area contributed by atoms with E-state index < -0.39 is 0 Å². The minimum Gasteiger partial charge on any atom is -0.506 e. The Kier molecular flexibility index (Phi) is 4.30. The number of rotatable bonds is 4. The third-order valence-electron chi connectivity index (χ3n) is 4.25. The molecule has 0 fully saturated rings. The number of azo groups is 1. The summed E-state index contributed by atoms with van der Waals surface area (Å²) in [5, 5.41) is 18.7. The second-order valence-electron chi connectivity index (χ2n) is 6.13. The van der Waals surface area contributed by atoms with Crippen molar-refractivity contribution in [1.82, 2.24) is 9.38 Å². The van der Waals surface area contributed by atoms with Crippen molar-refractivity contribution in [2.24, 2.45) is 10.2 Å². The van der Waals surface area contributed by atoms with E-state index in [1.165, 1.54) is 0 Å². The molecule has 0 atom stereocenters. The van der Waals surface area contributed by atoms with E-state index in [1.54, 1.807) is 19.2 Å². The van der Waals surface area contributed by atoms with Crippen LogP contribution in [0.25, 0.3) is 16.9 Å². The van der Waals surface area contributed by atoms with Gasteiger partial charge in [-0.3, -0.25) is 4.40 Å². The number of hydrogen-bond acceptors (Lipinski definition) is 5. The first-order valence-corrected chi connectivity index (χ1v) is 8.48. The van der Waals surface area contributed by atoms with Crippen LogP contribution in [0.5, 0.6) is 11.5 Å². The number of aromatic nitrogens is 2. The molecule has 0 aliphatic carbocycles. The van der Waals surface area contributed by atoms with Gasteiger partial charge in [-0.1, -0.05) is 12.1 Å². The summed E-state index contributed by atoms with van der Waals surface area (Å²) >= 11 is 0. The van der Waals surface area contributed by atoms with E-state index in [0.29, 0.717) is 17.2 Å². The van der Waals surface area contributed by atoms with E-state index in [-0.39, 0.29) is 5.75 Å². The van der Waals surface area contributed by atoms with Gasteiger partial charge in [-0.05, 0) is 61.0 Å². The molecule has 2 heterocycles. The Bertz CT molecular complexity index is 1130. The van der Waals surface area contributed by atoms with Crippen LogP contribution >= 0.6 is 0 Å². The zero-order valence-corrected chi connectivity index (χ0v) is 15.0. The lowest BCUT2D eigenvalue weighted by atomic mass is 10.1. The maximum atomic E-state index is 10.0. The molecule has 6 nitrogen and oxygen atoms in total. The van der Waals surface area contributed by atoms with Crippen molar-refractivity contribution < 1.29 is 9.84 Å². The molecule has 0 radical (unpaired) electrons. The second-order valence-corrected chi connectivity index (χ2v) is 6.13. The number of methoxy groups -OCH3 is 1. The normalized spacial score (nSPS) is 11.3. The fraction of sp³-hybridized carbons (Fsp3) is 0.0952. The average molecular weight is 358 g/mol. The van der Waals surface area contributed by atoms with Crippen molar-refractivity contribution in [2.45, 2.75) is 6.92 Å². The van der Waals surface area contributed by atoms with Crippen LogP contribution in [-0.2, 0) is 0 Å². The molecular formula is C21H18N4O2. The lowest BCUT2D eigenvalue weighted by Crippen LogP contribution is -1.83. The number of phenols is 1. The molecule has 6 heteroatoms. The highest BCUT2D eigenvalue weighted by Gasteiger charge is 2.14. The minimum atomic E-state index is 0.0872. The number of imidazole rings is 1. The fourth-order valence-electron chi connectivity index (χ4n) is 2.84. The lowest BCUT2D eigenvalue weighted by Gasteiger charge is -2.03. The van der Waals surface area contributed by atoms with Crippen molar-refractivity contribution in [2.75, 3.05) is 7.11 Å². The van der Waals surface area contributed by atoms with Gasteiger partial charge in [0.25, 0.3) is 0 Å². The molecule has 4 rings (SSSR count). The molecule has 27 heavy (non-hydrogen) atoms. The number of fused-ring (bicyclic) bond motifs is 1. The maximum Gasteiger partial charge on any atom is 0.187 e. The van der Waals surface area contributed by atoms with Crippen LogP contribution < -0.4 is 4.74 Å². The molecule has 0 saturated carbocycles. The third kappa shape index (κ3) is 3.25. The Labute approximate surface area is 156 Å². The summed E-state index contributed by atoms with van der Waals surface area (Å²) in [4.78, 5) is 4.70. The highest BCUT2D eigenvalue weighted by molar-refractivity contribution is 5.74. The predicted molar refractivity (Wildman–Crippen MR) is 104 cm³/mol. The standard InChI is InChI=1S/C21H18N4O2/c1-14-6-11-18(26)17(13-14)23-24-21-20(15-7-9-16(27-2)10-8-15)22-19-5-3-4-12-25(19)21/h3-13,26H,1-2H3. The summed E-state index contributed by atoms with van der Waals surface area (Å²) in [5.74, 6) is 1.45.